The molecule has 0 atom stereocenters. The minimum absolute atomic E-state index is 0.148. The predicted octanol–water partition coefficient (Wildman–Crippen LogP) is 3.54. The molecule has 0 aliphatic carbocycles. The number of carboxylic acid groups (broad SMARTS) is 1. The Balaban J connectivity index is 2.22. The smallest absolute Gasteiger partial charge is 0.345 e. The molecule has 0 aliphatic heterocycles. The summed E-state index contributed by atoms with van der Waals surface area (Å²) in [6.07, 6.45) is 0. The van der Waals surface area contributed by atoms with E-state index in [0.29, 0.717) is 10.8 Å². The molecule has 0 aliphatic rings. The fourth-order valence-electron chi connectivity index (χ4n) is 1.90. The first kappa shape index (κ1) is 15.7. The van der Waals surface area contributed by atoms with Crippen LogP contribution in [0.25, 0.3) is 0 Å². The molecule has 0 radical (unpaired) electrons. The van der Waals surface area contributed by atoms with Crippen molar-refractivity contribution in [2.75, 3.05) is 0 Å². The van der Waals surface area contributed by atoms with Crippen molar-refractivity contribution < 1.29 is 18.3 Å². The number of rotatable bonds is 5. The van der Waals surface area contributed by atoms with E-state index in [1.54, 1.807) is 18.2 Å². The Bertz CT molecular complexity index is 740. The Morgan fingerprint density at radius 3 is 2.24 bits per heavy atom. The van der Waals surface area contributed by atoms with Gasteiger partial charge in [-0.3, -0.25) is 0 Å². The van der Waals surface area contributed by atoms with Gasteiger partial charge in [-0.1, -0.05) is 26.0 Å². The summed E-state index contributed by atoms with van der Waals surface area (Å²) < 4.78 is 24.6. The van der Waals surface area contributed by atoms with Crippen LogP contribution in [0.2, 0.25) is 0 Å². The molecule has 0 spiro atoms. The van der Waals surface area contributed by atoms with Gasteiger partial charge in [-0.15, -0.1) is 11.3 Å². The summed E-state index contributed by atoms with van der Waals surface area (Å²) in [5.74, 6) is -0.867. The van der Waals surface area contributed by atoms with Crippen molar-refractivity contribution >= 4 is 27.1 Å². The van der Waals surface area contributed by atoms with E-state index in [1.165, 1.54) is 6.07 Å². The van der Waals surface area contributed by atoms with E-state index in [0.717, 1.165) is 16.9 Å². The lowest BCUT2D eigenvalue weighted by Gasteiger charge is -2.07. The third-order valence-electron chi connectivity index (χ3n) is 3.11. The monoisotopic (exact) mass is 324 g/mol. The SMILES string of the molecule is CC(C)c1ccc(S(=O)(=O)Cc2ccc(C(=O)O)s2)cc1. The highest BCUT2D eigenvalue weighted by atomic mass is 32.2. The third-order valence-corrected chi connectivity index (χ3v) is 6.05. The lowest BCUT2D eigenvalue weighted by Crippen LogP contribution is -2.04. The van der Waals surface area contributed by atoms with Gasteiger partial charge in [-0.25, -0.2) is 13.2 Å². The van der Waals surface area contributed by atoms with E-state index < -0.39 is 15.8 Å². The molecule has 0 saturated carbocycles. The first-order valence-electron chi connectivity index (χ1n) is 6.44. The molecule has 1 aromatic heterocycles. The molecule has 0 saturated heterocycles. The molecule has 112 valence electrons. The summed E-state index contributed by atoms with van der Waals surface area (Å²) in [7, 11) is -3.45. The van der Waals surface area contributed by atoms with Crippen molar-refractivity contribution in [2.45, 2.75) is 30.4 Å². The molecule has 2 aromatic rings. The minimum Gasteiger partial charge on any atom is -0.477 e. The van der Waals surface area contributed by atoms with Crippen LogP contribution in [0.15, 0.2) is 41.3 Å². The van der Waals surface area contributed by atoms with E-state index in [1.807, 2.05) is 26.0 Å². The standard InChI is InChI=1S/C15H16O4S2/c1-10(2)11-3-6-13(7-4-11)21(18,19)9-12-5-8-14(20-12)15(16)17/h3-8,10H,9H2,1-2H3,(H,16,17). The van der Waals surface area contributed by atoms with Crippen LogP contribution < -0.4 is 0 Å². The van der Waals surface area contributed by atoms with Crippen molar-refractivity contribution in [2.24, 2.45) is 0 Å². The average molecular weight is 324 g/mol. The predicted molar refractivity (Wildman–Crippen MR) is 82.7 cm³/mol. The third kappa shape index (κ3) is 3.71. The number of thiophene rings is 1. The van der Waals surface area contributed by atoms with Crippen LogP contribution in [0.4, 0.5) is 0 Å². The maximum absolute atomic E-state index is 12.3. The van der Waals surface area contributed by atoms with Crippen LogP contribution in [-0.4, -0.2) is 19.5 Å². The molecule has 1 N–H and O–H groups in total. The molecular formula is C15H16O4S2. The molecule has 6 heteroatoms. The molecule has 1 aromatic carbocycles. The maximum atomic E-state index is 12.3. The van der Waals surface area contributed by atoms with E-state index in [-0.39, 0.29) is 15.5 Å². The summed E-state index contributed by atoms with van der Waals surface area (Å²) >= 11 is 0.992. The van der Waals surface area contributed by atoms with Crippen molar-refractivity contribution in [3.63, 3.8) is 0 Å². The van der Waals surface area contributed by atoms with Gasteiger partial charge in [0.15, 0.2) is 9.84 Å². The zero-order chi connectivity index (χ0) is 15.6. The summed E-state index contributed by atoms with van der Waals surface area (Å²) in [5.41, 5.74) is 1.08. The molecular weight excluding hydrogens is 308 g/mol. The zero-order valence-electron chi connectivity index (χ0n) is 11.7. The summed E-state index contributed by atoms with van der Waals surface area (Å²) in [6, 6.07) is 9.82. The number of carboxylic acids is 1. The molecule has 0 fully saturated rings. The van der Waals surface area contributed by atoms with E-state index in [2.05, 4.69) is 0 Å². The highest BCUT2D eigenvalue weighted by molar-refractivity contribution is 7.90. The van der Waals surface area contributed by atoms with Crippen molar-refractivity contribution in [1.82, 2.24) is 0 Å². The van der Waals surface area contributed by atoms with Gasteiger partial charge in [0.05, 0.1) is 10.6 Å². The topological polar surface area (TPSA) is 71.4 Å². The van der Waals surface area contributed by atoms with Crippen LogP contribution in [0.3, 0.4) is 0 Å². The number of sulfone groups is 1. The number of benzene rings is 1. The van der Waals surface area contributed by atoms with Gasteiger partial charge < -0.3 is 5.11 Å². The molecule has 4 nitrogen and oxygen atoms in total. The van der Waals surface area contributed by atoms with Gasteiger partial charge >= 0.3 is 5.97 Å². The minimum atomic E-state index is -3.45. The van der Waals surface area contributed by atoms with Crippen LogP contribution in [0.5, 0.6) is 0 Å². The number of carbonyl (C=O) groups is 1. The molecule has 21 heavy (non-hydrogen) atoms. The quantitative estimate of drug-likeness (QED) is 0.913. The van der Waals surface area contributed by atoms with Crippen LogP contribution >= 0.6 is 11.3 Å². The van der Waals surface area contributed by atoms with Crippen LogP contribution in [0, 0.1) is 0 Å². The zero-order valence-corrected chi connectivity index (χ0v) is 13.4. The van der Waals surface area contributed by atoms with Crippen molar-refractivity contribution in [3.05, 3.63) is 51.7 Å². The second-order valence-corrected chi connectivity index (χ2v) is 8.21. The molecule has 0 bridgehead atoms. The Morgan fingerprint density at radius 2 is 1.76 bits per heavy atom. The summed E-state index contributed by atoms with van der Waals surface area (Å²) in [6.45, 7) is 4.09. The highest BCUT2D eigenvalue weighted by Crippen LogP contribution is 2.24. The summed E-state index contributed by atoms with van der Waals surface area (Å²) in [5, 5.41) is 8.86. The van der Waals surface area contributed by atoms with Gasteiger partial charge in [-0.2, -0.15) is 0 Å². The van der Waals surface area contributed by atoms with E-state index >= 15 is 0 Å². The Kier molecular flexibility index (Phi) is 4.49. The number of hydrogen-bond donors (Lipinski definition) is 1. The first-order chi connectivity index (χ1) is 9.79. The van der Waals surface area contributed by atoms with Gasteiger partial charge in [0, 0.05) is 4.88 Å². The van der Waals surface area contributed by atoms with Crippen molar-refractivity contribution in [1.29, 1.82) is 0 Å². The van der Waals surface area contributed by atoms with Crippen molar-refractivity contribution in [3.8, 4) is 0 Å². The fraction of sp³-hybridized carbons (Fsp3) is 0.267. The number of aromatic carboxylic acids is 1. The van der Waals surface area contributed by atoms with Gasteiger partial charge in [0.25, 0.3) is 0 Å². The molecule has 0 unspecified atom stereocenters. The fourth-order valence-corrected chi connectivity index (χ4v) is 4.43. The van der Waals surface area contributed by atoms with Gasteiger partial charge in [0.2, 0.25) is 0 Å². The Hall–Kier alpha value is -1.66. The first-order valence-corrected chi connectivity index (χ1v) is 8.91. The second kappa shape index (κ2) is 5.99. The molecule has 1 heterocycles. The Morgan fingerprint density at radius 1 is 1.14 bits per heavy atom. The maximum Gasteiger partial charge on any atom is 0.345 e. The normalized spacial score (nSPS) is 11.8. The molecule has 0 amide bonds. The average Bonchev–Trinajstić information content (AvgIpc) is 2.87. The van der Waals surface area contributed by atoms with E-state index in [9.17, 15) is 13.2 Å². The largest absolute Gasteiger partial charge is 0.477 e. The van der Waals surface area contributed by atoms with Gasteiger partial charge in [0.1, 0.15) is 4.88 Å². The summed E-state index contributed by atoms with van der Waals surface area (Å²) in [4.78, 5) is 11.7. The molecule has 2 rings (SSSR count). The van der Waals surface area contributed by atoms with Crippen LogP contribution in [-0.2, 0) is 15.6 Å². The number of hydrogen-bond acceptors (Lipinski definition) is 4. The lowest BCUT2D eigenvalue weighted by atomic mass is 10.0. The van der Waals surface area contributed by atoms with E-state index in [4.69, 9.17) is 5.11 Å². The second-order valence-electron chi connectivity index (χ2n) is 5.05. The van der Waals surface area contributed by atoms with Gasteiger partial charge in [-0.05, 0) is 35.7 Å². The highest BCUT2D eigenvalue weighted by Gasteiger charge is 2.18. The lowest BCUT2D eigenvalue weighted by molar-refractivity contribution is 0.0702. The van der Waals surface area contributed by atoms with Crippen LogP contribution in [0.1, 0.15) is 39.9 Å². The Labute approximate surface area is 128 Å².